The predicted molar refractivity (Wildman–Crippen MR) is 84.6 cm³/mol. The van der Waals surface area contributed by atoms with Gasteiger partial charge >= 0.3 is 5.69 Å². The van der Waals surface area contributed by atoms with E-state index in [-0.39, 0.29) is 23.0 Å². The van der Waals surface area contributed by atoms with Gasteiger partial charge in [-0.1, -0.05) is 0 Å². The predicted octanol–water partition coefficient (Wildman–Crippen LogP) is 0.171. The fourth-order valence-electron chi connectivity index (χ4n) is 2.01. The van der Waals surface area contributed by atoms with Gasteiger partial charge in [0.15, 0.2) is 0 Å². The first kappa shape index (κ1) is 19.6. The highest BCUT2D eigenvalue weighted by atomic mass is 35.5. The van der Waals surface area contributed by atoms with Gasteiger partial charge in [0.2, 0.25) is 10.0 Å². The molecule has 23 heavy (non-hydrogen) atoms. The number of hydrogen-bond donors (Lipinski definition) is 2. The van der Waals surface area contributed by atoms with Gasteiger partial charge in [-0.25, -0.2) is 26.7 Å². The van der Waals surface area contributed by atoms with Crippen molar-refractivity contribution in [2.24, 2.45) is 19.8 Å². The highest BCUT2D eigenvalue weighted by Crippen LogP contribution is 2.18. The molecular formula is C12H17ClF2N4O3S. The molecule has 130 valence electrons. The summed E-state index contributed by atoms with van der Waals surface area (Å²) in [6.07, 6.45) is 0. The van der Waals surface area contributed by atoms with Crippen molar-refractivity contribution in [1.82, 2.24) is 13.9 Å². The number of alkyl halides is 2. The van der Waals surface area contributed by atoms with Gasteiger partial charge in [0.1, 0.15) is 0 Å². The minimum Gasteiger partial charge on any atom is -0.325 e. The lowest BCUT2D eigenvalue weighted by molar-refractivity contribution is 0.0170. The van der Waals surface area contributed by atoms with E-state index in [2.05, 4.69) is 0 Å². The quantitative estimate of drug-likeness (QED) is 0.783. The molecule has 1 heterocycles. The van der Waals surface area contributed by atoms with E-state index >= 15 is 0 Å². The summed E-state index contributed by atoms with van der Waals surface area (Å²) in [5, 5.41) is 0. The molecule has 0 fully saturated rings. The van der Waals surface area contributed by atoms with Crippen LogP contribution < -0.4 is 16.1 Å². The Hall–Kier alpha value is -1.49. The molecule has 1 aromatic heterocycles. The smallest absolute Gasteiger partial charge is 0.325 e. The van der Waals surface area contributed by atoms with Crippen LogP contribution in [0.3, 0.4) is 0 Å². The molecule has 0 aliphatic carbocycles. The molecule has 0 aliphatic rings. The Balaban J connectivity index is 0.00000264. The number of sulfonamides is 1. The molecule has 0 bridgehead atoms. The molecule has 0 unspecified atom stereocenters. The van der Waals surface area contributed by atoms with Crippen molar-refractivity contribution >= 4 is 33.5 Å². The topological polar surface area (TPSA) is 99.1 Å². The Labute approximate surface area is 137 Å². The Morgan fingerprint density at radius 1 is 1.22 bits per heavy atom. The van der Waals surface area contributed by atoms with Gasteiger partial charge < -0.3 is 5.73 Å². The number of halogens is 3. The summed E-state index contributed by atoms with van der Waals surface area (Å²) in [6.45, 7) is -2.04. The first-order valence-corrected chi connectivity index (χ1v) is 7.80. The molecule has 0 atom stereocenters. The number of nitrogens with two attached hydrogens (primary N) is 1. The molecular weight excluding hydrogens is 354 g/mol. The third kappa shape index (κ3) is 3.71. The number of aromatic nitrogens is 2. The average Bonchev–Trinajstić information content (AvgIpc) is 2.70. The largest absolute Gasteiger partial charge is 0.328 e. The molecule has 2 rings (SSSR count). The molecule has 0 saturated heterocycles. The average molecular weight is 371 g/mol. The molecule has 3 N–H and O–H groups in total. The van der Waals surface area contributed by atoms with Crippen LogP contribution in [0.4, 0.5) is 8.78 Å². The van der Waals surface area contributed by atoms with Crippen LogP contribution in [0.25, 0.3) is 11.0 Å². The van der Waals surface area contributed by atoms with Gasteiger partial charge in [0.25, 0.3) is 5.92 Å². The zero-order valence-corrected chi connectivity index (χ0v) is 14.0. The van der Waals surface area contributed by atoms with E-state index in [0.29, 0.717) is 11.0 Å². The van der Waals surface area contributed by atoms with Crippen molar-refractivity contribution in [3.05, 3.63) is 28.7 Å². The standard InChI is InChI=1S/C12H16F2N4O3S.ClH/c1-17-9-4-3-8(5-10(9)18(2)11(17)19)22(20,21)16-7-12(13,14)6-15;/h3-5,16H,6-7,15H2,1-2H3;1H. The molecule has 0 amide bonds. The van der Waals surface area contributed by atoms with E-state index in [1.807, 2.05) is 4.72 Å². The Morgan fingerprint density at radius 3 is 2.35 bits per heavy atom. The van der Waals surface area contributed by atoms with E-state index in [0.717, 1.165) is 0 Å². The first-order chi connectivity index (χ1) is 10.1. The summed E-state index contributed by atoms with van der Waals surface area (Å²) in [4.78, 5) is 11.6. The lowest BCUT2D eigenvalue weighted by Gasteiger charge is -2.14. The number of benzene rings is 1. The third-order valence-electron chi connectivity index (χ3n) is 3.37. The van der Waals surface area contributed by atoms with E-state index in [1.165, 1.54) is 34.4 Å². The van der Waals surface area contributed by atoms with E-state index < -0.39 is 29.0 Å². The lowest BCUT2D eigenvalue weighted by atomic mass is 10.3. The number of rotatable bonds is 5. The van der Waals surface area contributed by atoms with Gasteiger partial charge in [-0.2, -0.15) is 0 Å². The molecule has 7 nitrogen and oxygen atoms in total. The molecule has 2 aromatic rings. The lowest BCUT2D eigenvalue weighted by Crippen LogP contribution is -2.41. The summed E-state index contributed by atoms with van der Waals surface area (Å²) in [7, 11) is -1.07. The second-order valence-electron chi connectivity index (χ2n) is 4.94. The molecule has 0 spiro atoms. The van der Waals surface area contributed by atoms with Crippen LogP contribution in [0.15, 0.2) is 27.9 Å². The summed E-state index contributed by atoms with van der Waals surface area (Å²) < 4.78 is 54.7. The zero-order chi connectivity index (χ0) is 16.7. The zero-order valence-electron chi connectivity index (χ0n) is 12.4. The van der Waals surface area contributed by atoms with Crippen molar-refractivity contribution in [3.63, 3.8) is 0 Å². The number of nitrogens with one attached hydrogen (secondary N) is 1. The van der Waals surface area contributed by atoms with Crippen molar-refractivity contribution < 1.29 is 17.2 Å². The third-order valence-corrected chi connectivity index (χ3v) is 4.77. The monoisotopic (exact) mass is 370 g/mol. The Morgan fingerprint density at radius 2 is 1.78 bits per heavy atom. The van der Waals surface area contributed by atoms with Crippen LogP contribution in [0.1, 0.15) is 0 Å². The van der Waals surface area contributed by atoms with Gasteiger partial charge in [-0.05, 0) is 18.2 Å². The maximum absolute atomic E-state index is 13.1. The molecule has 0 saturated carbocycles. The normalized spacial score (nSPS) is 12.4. The molecule has 11 heteroatoms. The number of imidazole rings is 1. The summed E-state index contributed by atoms with van der Waals surface area (Å²) in [5.74, 6) is -3.32. The van der Waals surface area contributed by atoms with E-state index in [9.17, 15) is 22.0 Å². The second-order valence-corrected chi connectivity index (χ2v) is 6.70. The van der Waals surface area contributed by atoms with Crippen LogP contribution in [0.5, 0.6) is 0 Å². The van der Waals surface area contributed by atoms with Crippen molar-refractivity contribution in [3.8, 4) is 0 Å². The molecule has 0 aliphatic heterocycles. The van der Waals surface area contributed by atoms with Gasteiger partial charge in [-0.3, -0.25) is 9.13 Å². The van der Waals surface area contributed by atoms with Gasteiger partial charge in [-0.15, -0.1) is 12.4 Å². The van der Waals surface area contributed by atoms with Crippen LogP contribution in [-0.4, -0.2) is 36.6 Å². The molecule has 1 aromatic carbocycles. The van der Waals surface area contributed by atoms with Gasteiger partial charge in [0, 0.05) is 14.1 Å². The summed E-state index contributed by atoms with van der Waals surface area (Å²) in [5.41, 5.74) is 5.48. The number of nitrogens with zero attached hydrogens (tertiary/aromatic N) is 2. The highest BCUT2D eigenvalue weighted by Gasteiger charge is 2.29. The Bertz CT molecular complexity index is 876. The van der Waals surface area contributed by atoms with Crippen LogP contribution in [0.2, 0.25) is 0 Å². The van der Waals surface area contributed by atoms with Crippen LogP contribution in [-0.2, 0) is 24.1 Å². The fraction of sp³-hybridized carbons (Fsp3) is 0.417. The maximum Gasteiger partial charge on any atom is 0.328 e. The van der Waals surface area contributed by atoms with Crippen molar-refractivity contribution in [2.45, 2.75) is 10.8 Å². The minimum absolute atomic E-state index is 0. The maximum atomic E-state index is 13.1. The van der Waals surface area contributed by atoms with Crippen LogP contribution >= 0.6 is 12.4 Å². The summed E-state index contributed by atoms with van der Waals surface area (Å²) >= 11 is 0. The minimum atomic E-state index is -4.13. The van der Waals surface area contributed by atoms with Crippen LogP contribution in [0, 0.1) is 0 Å². The van der Waals surface area contributed by atoms with E-state index in [4.69, 9.17) is 5.73 Å². The second kappa shape index (κ2) is 6.56. The first-order valence-electron chi connectivity index (χ1n) is 6.32. The number of hydrogen-bond acceptors (Lipinski definition) is 4. The molecule has 0 radical (unpaired) electrons. The highest BCUT2D eigenvalue weighted by molar-refractivity contribution is 7.89. The number of aryl methyl sites for hydroxylation is 2. The Kier molecular flexibility index (Phi) is 5.57. The van der Waals surface area contributed by atoms with Crippen molar-refractivity contribution in [1.29, 1.82) is 0 Å². The van der Waals surface area contributed by atoms with Gasteiger partial charge in [0.05, 0.1) is 29.0 Å². The SMILES string of the molecule is Cl.Cn1c(=O)n(C)c2cc(S(=O)(=O)NCC(F)(F)CN)ccc21. The fourth-order valence-corrected chi connectivity index (χ4v) is 3.09. The van der Waals surface area contributed by atoms with E-state index in [1.54, 1.807) is 7.05 Å². The number of fused-ring (bicyclic) bond motifs is 1. The van der Waals surface area contributed by atoms with Crippen molar-refractivity contribution in [2.75, 3.05) is 13.1 Å². The summed E-state index contributed by atoms with van der Waals surface area (Å²) in [6, 6.07) is 3.97.